The summed E-state index contributed by atoms with van der Waals surface area (Å²) >= 11 is 0. The normalized spacial score (nSPS) is 16.5. The van der Waals surface area contributed by atoms with Crippen LogP contribution in [0.15, 0.2) is 54.9 Å². The second kappa shape index (κ2) is 9.98. The molecule has 1 saturated heterocycles. The van der Waals surface area contributed by atoms with Crippen LogP contribution < -0.4 is 0 Å². The van der Waals surface area contributed by atoms with E-state index in [9.17, 15) is 9.59 Å². The highest BCUT2D eigenvalue weighted by Gasteiger charge is 2.38. The number of rotatable bonds is 7. The summed E-state index contributed by atoms with van der Waals surface area (Å²) in [5.74, 6) is 0.0586. The van der Waals surface area contributed by atoms with E-state index < -0.39 is 6.04 Å². The van der Waals surface area contributed by atoms with E-state index in [0.717, 1.165) is 28.8 Å². The smallest absolute Gasteiger partial charge is 0.275 e. The van der Waals surface area contributed by atoms with Crippen LogP contribution in [0.5, 0.6) is 0 Å². The van der Waals surface area contributed by atoms with Gasteiger partial charge in [0.15, 0.2) is 0 Å². The van der Waals surface area contributed by atoms with Gasteiger partial charge in [0.1, 0.15) is 11.7 Å². The van der Waals surface area contributed by atoms with Crippen molar-refractivity contribution in [2.75, 3.05) is 19.6 Å². The fraction of sp³-hybridized carbons (Fsp3) is 0.385. The Morgan fingerprint density at radius 2 is 1.94 bits per heavy atom. The van der Waals surface area contributed by atoms with Crippen molar-refractivity contribution in [3.05, 3.63) is 71.8 Å². The number of hydrogen-bond acceptors (Lipinski definition) is 4. The highest BCUT2D eigenvalue weighted by molar-refractivity contribution is 5.97. The molecule has 33 heavy (non-hydrogen) atoms. The molecule has 3 heterocycles. The third-order valence-electron chi connectivity index (χ3n) is 6.15. The maximum atomic E-state index is 13.4. The molecule has 0 aliphatic carbocycles. The number of piperazine rings is 1. The number of benzene rings is 1. The summed E-state index contributed by atoms with van der Waals surface area (Å²) in [6, 6.07) is 13.3. The van der Waals surface area contributed by atoms with Crippen LogP contribution in [0.4, 0.5) is 0 Å². The molecule has 1 fully saturated rings. The molecule has 2 amide bonds. The van der Waals surface area contributed by atoms with Crippen LogP contribution in [0.25, 0.3) is 11.1 Å². The molecular weight excluding hydrogens is 414 g/mol. The second-order valence-corrected chi connectivity index (χ2v) is 8.85. The average molecular weight is 446 g/mol. The van der Waals surface area contributed by atoms with E-state index in [1.807, 2.05) is 61.3 Å². The molecule has 172 valence electrons. The van der Waals surface area contributed by atoms with Gasteiger partial charge in [-0.15, -0.1) is 0 Å². The molecule has 0 unspecified atom stereocenters. The number of aromatic amines is 1. The number of amides is 2. The van der Waals surface area contributed by atoms with Crippen LogP contribution in [0, 0.1) is 0 Å². The van der Waals surface area contributed by atoms with Gasteiger partial charge in [0.05, 0.1) is 0 Å². The largest absolute Gasteiger partial charge is 0.339 e. The van der Waals surface area contributed by atoms with Crippen LogP contribution in [-0.2, 0) is 11.2 Å². The Morgan fingerprint density at radius 1 is 1.15 bits per heavy atom. The first-order chi connectivity index (χ1) is 16.0. The van der Waals surface area contributed by atoms with Crippen molar-refractivity contribution in [2.45, 2.75) is 45.6 Å². The van der Waals surface area contributed by atoms with Crippen LogP contribution in [0.2, 0.25) is 0 Å². The molecule has 7 nitrogen and oxygen atoms in total. The summed E-state index contributed by atoms with van der Waals surface area (Å²) in [4.78, 5) is 34.5. The standard InChI is InChI=1S/C26H31N5O2/c1-4-12-30-13-14-31(25(32)23-16-22(18(2)3)28-29-23)24(26(30)33)15-19-7-9-20(10-8-19)21-6-5-11-27-17-21/h5-11,16-18,24H,4,12-15H2,1-3H3,(H,28,29)/t24-/m0/s1. The van der Waals surface area contributed by atoms with Gasteiger partial charge in [0, 0.05) is 44.1 Å². The predicted octanol–water partition coefficient (Wildman–Crippen LogP) is 3.90. The predicted molar refractivity (Wildman–Crippen MR) is 128 cm³/mol. The summed E-state index contributed by atoms with van der Waals surface area (Å²) in [5.41, 5.74) is 4.41. The van der Waals surface area contributed by atoms with Gasteiger partial charge in [0.25, 0.3) is 5.91 Å². The van der Waals surface area contributed by atoms with Gasteiger partial charge in [-0.25, -0.2) is 0 Å². The number of nitrogens with one attached hydrogen (secondary N) is 1. The zero-order valence-electron chi connectivity index (χ0n) is 19.5. The van der Waals surface area contributed by atoms with E-state index in [4.69, 9.17) is 0 Å². The number of carbonyl (C=O) groups is 2. The highest BCUT2D eigenvalue weighted by atomic mass is 16.2. The summed E-state index contributed by atoms with van der Waals surface area (Å²) in [6.45, 7) is 7.92. The monoisotopic (exact) mass is 445 g/mol. The molecule has 1 atom stereocenters. The molecule has 0 radical (unpaired) electrons. The van der Waals surface area contributed by atoms with Gasteiger partial charge in [-0.3, -0.25) is 19.7 Å². The van der Waals surface area contributed by atoms with E-state index in [1.54, 1.807) is 17.2 Å². The first-order valence-corrected chi connectivity index (χ1v) is 11.6. The molecule has 2 aromatic heterocycles. The molecule has 0 saturated carbocycles. The van der Waals surface area contributed by atoms with E-state index in [0.29, 0.717) is 31.7 Å². The van der Waals surface area contributed by atoms with Crippen molar-refractivity contribution in [1.82, 2.24) is 25.0 Å². The molecular formula is C26H31N5O2. The summed E-state index contributed by atoms with van der Waals surface area (Å²) in [6.07, 6.45) is 4.95. The van der Waals surface area contributed by atoms with Crippen LogP contribution in [-0.4, -0.2) is 62.5 Å². The lowest BCUT2D eigenvalue weighted by atomic mass is 9.98. The maximum absolute atomic E-state index is 13.4. The maximum Gasteiger partial charge on any atom is 0.275 e. The van der Waals surface area contributed by atoms with Crippen molar-refractivity contribution >= 4 is 11.8 Å². The van der Waals surface area contributed by atoms with E-state index in [2.05, 4.69) is 22.1 Å². The van der Waals surface area contributed by atoms with Gasteiger partial charge >= 0.3 is 0 Å². The van der Waals surface area contributed by atoms with E-state index in [-0.39, 0.29) is 17.7 Å². The lowest BCUT2D eigenvalue weighted by molar-refractivity contribution is -0.140. The third kappa shape index (κ3) is 4.97. The molecule has 1 N–H and O–H groups in total. The zero-order chi connectivity index (χ0) is 23.4. The lowest BCUT2D eigenvalue weighted by Crippen LogP contribution is -2.59. The van der Waals surface area contributed by atoms with Gasteiger partial charge in [-0.05, 0) is 41.2 Å². The quantitative estimate of drug-likeness (QED) is 0.598. The molecule has 4 rings (SSSR count). The van der Waals surface area contributed by atoms with Crippen LogP contribution in [0.3, 0.4) is 0 Å². The van der Waals surface area contributed by atoms with Crippen LogP contribution >= 0.6 is 0 Å². The topological polar surface area (TPSA) is 82.2 Å². The Hall–Kier alpha value is -3.48. The van der Waals surface area contributed by atoms with Gasteiger partial charge in [0.2, 0.25) is 5.91 Å². The Balaban J connectivity index is 1.57. The Morgan fingerprint density at radius 3 is 2.58 bits per heavy atom. The highest BCUT2D eigenvalue weighted by Crippen LogP contribution is 2.23. The number of H-pyrrole nitrogens is 1. The fourth-order valence-electron chi connectivity index (χ4n) is 4.25. The molecule has 3 aromatic rings. The van der Waals surface area contributed by atoms with Crippen molar-refractivity contribution in [2.24, 2.45) is 0 Å². The Labute approximate surface area is 194 Å². The van der Waals surface area contributed by atoms with Gasteiger partial charge in [-0.2, -0.15) is 5.10 Å². The number of nitrogens with zero attached hydrogens (tertiary/aromatic N) is 4. The van der Waals surface area contributed by atoms with E-state index >= 15 is 0 Å². The molecule has 0 spiro atoms. The Kier molecular flexibility index (Phi) is 6.87. The summed E-state index contributed by atoms with van der Waals surface area (Å²) < 4.78 is 0. The first kappa shape index (κ1) is 22.7. The minimum absolute atomic E-state index is 0.00686. The van der Waals surface area contributed by atoms with Gasteiger partial charge < -0.3 is 9.80 Å². The zero-order valence-corrected chi connectivity index (χ0v) is 19.5. The molecule has 1 aliphatic rings. The van der Waals surface area contributed by atoms with Crippen molar-refractivity contribution < 1.29 is 9.59 Å². The van der Waals surface area contributed by atoms with Crippen molar-refractivity contribution in [3.8, 4) is 11.1 Å². The van der Waals surface area contributed by atoms with E-state index in [1.165, 1.54) is 0 Å². The minimum atomic E-state index is -0.541. The van der Waals surface area contributed by atoms with Crippen molar-refractivity contribution in [1.29, 1.82) is 0 Å². The summed E-state index contributed by atoms with van der Waals surface area (Å²) in [5, 5.41) is 7.19. The molecule has 0 bridgehead atoms. The summed E-state index contributed by atoms with van der Waals surface area (Å²) in [7, 11) is 0. The number of hydrogen-bond donors (Lipinski definition) is 1. The molecule has 7 heteroatoms. The number of aromatic nitrogens is 3. The second-order valence-electron chi connectivity index (χ2n) is 8.85. The SMILES string of the molecule is CCCN1CCN(C(=O)c2cc(C(C)C)[nH]n2)[C@@H](Cc2ccc(-c3cccnc3)cc2)C1=O. The Bertz CT molecular complexity index is 1090. The van der Waals surface area contributed by atoms with Crippen molar-refractivity contribution in [3.63, 3.8) is 0 Å². The molecule has 1 aromatic carbocycles. The number of pyridine rings is 1. The third-order valence-corrected chi connectivity index (χ3v) is 6.15. The minimum Gasteiger partial charge on any atom is -0.339 e. The number of carbonyl (C=O) groups excluding carboxylic acids is 2. The van der Waals surface area contributed by atoms with Gasteiger partial charge in [-0.1, -0.05) is 51.1 Å². The molecule has 1 aliphatic heterocycles. The fourth-order valence-corrected chi connectivity index (χ4v) is 4.25. The lowest BCUT2D eigenvalue weighted by Gasteiger charge is -2.40. The average Bonchev–Trinajstić information content (AvgIpc) is 3.33. The first-order valence-electron chi connectivity index (χ1n) is 11.6. The van der Waals surface area contributed by atoms with Crippen LogP contribution in [0.1, 0.15) is 54.9 Å².